The van der Waals surface area contributed by atoms with Crippen LogP contribution in [0.25, 0.3) is 0 Å². The highest BCUT2D eigenvalue weighted by molar-refractivity contribution is 7.90. The van der Waals surface area contributed by atoms with Crippen LogP contribution in [-0.2, 0) is 21.2 Å². The Bertz CT molecular complexity index is 502. The number of carbonyl (C=O) groups excluding carboxylic acids is 1. The van der Waals surface area contributed by atoms with Crippen molar-refractivity contribution in [3.05, 3.63) is 29.3 Å². The second kappa shape index (κ2) is 2.81. The fraction of sp³-hybridized carbons (Fsp3) is 0.222. The summed E-state index contributed by atoms with van der Waals surface area (Å²) in [5, 5.41) is 0. The van der Waals surface area contributed by atoms with Gasteiger partial charge < -0.3 is 4.74 Å². The van der Waals surface area contributed by atoms with Gasteiger partial charge in [0.25, 0.3) is 0 Å². The summed E-state index contributed by atoms with van der Waals surface area (Å²) in [4.78, 5) is 11.3. The maximum atomic E-state index is 11.2. The molecule has 0 spiro atoms. The second-order valence-corrected chi connectivity index (χ2v) is 5.18. The lowest BCUT2D eigenvalue weighted by molar-refractivity contribution is 0.0535. The molecule has 1 aromatic rings. The van der Waals surface area contributed by atoms with Crippen LogP contribution in [-0.4, -0.2) is 20.6 Å². The summed E-state index contributed by atoms with van der Waals surface area (Å²) in [6.07, 6.45) is 1.11. The first-order chi connectivity index (χ1) is 6.48. The molecular formula is C9H8O4S. The van der Waals surface area contributed by atoms with Gasteiger partial charge in [-0.25, -0.2) is 13.2 Å². The van der Waals surface area contributed by atoms with Crippen molar-refractivity contribution in [1.82, 2.24) is 0 Å². The number of esters is 1. The zero-order valence-corrected chi connectivity index (χ0v) is 8.30. The quantitative estimate of drug-likeness (QED) is 0.645. The molecule has 0 fully saturated rings. The summed E-state index contributed by atoms with van der Waals surface area (Å²) in [6, 6.07) is 4.45. The van der Waals surface area contributed by atoms with Gasteiger partial charge in [-0.1, -0.05) is 6.07 Å². The smallest absolute Gasteiger partial charge is 0.338 e. The molecule has 2 rings (SSSR count). The monoisotopic (exact) mass is 212 g/mol. The van der Waals surface area contributed by atoms with Gasteiger partial charge in [0.05, 0.1) is 10.5 Å². The molecule has 0 N–H and O–H groups in total. The molecule has 74 valence electrons. The Kier molecular flexibility index (Phi) is 1.85. The molecule has 0 aromatic heterocycles. The van der Waals surface area contributed by atoms with Crippen molar-refractivity contribution in [2.75, 3.05) is 6.26 Å². The predicted octanol–water partition coefficient (Wildman–Crippen LogP) is 0.761. The number of hydrogen-bond acceptors (Lipinski definition) is 4. The first kappa shape index (κ1) is 9.21. The van der Waals surface area contributed by atoms with Gasteiger partial charge in [0.1, 0.15) is 6.61 Å². The van der Waals surface area contributed by atoms with E-state index in [0.29, 0.717) is 5.56 Å². The minimum absolute atomic E-state index is 0.148. The van der Waals surface area contributed by atoms with Crippen molar-refractivity contribution in [3.63, 3.8) is 0 Å². The number of hydrogen-bond donors (Lipinski definition) is 0. The van der Waals surface area contributed by atoms with E-state index in [9.17, 15) is 13.2 Å². The zero-order chi connectivity index (χ0) is 10.3. The molecule has 4 nitrogen and oxygen atoms in total. The summed E-state index contributed by atoms with van der Waals surface area (Å²) in [5.74, 6) is -0.453. The van der Waals surface area contributed by atoms with Crippen LogP contribution >= 0.6 is 0 Å². The Morgan fingerprint density at radius 1 is 1.36 bits per heavy atom. The van der Waals surface area contributed by atoms with Gasteiger partial charge in [-0.05, 0) is 12.1 Å². The number of cyclic esters (lactones) is 1. The van der Waals surface area contributed by atoms with E-state index in [-0.39, 0.29) is 11.5 Å². The number of benzene rings is 1. The Morgan fingerprint density at radius 3 is 2.71 bits per heavy atom. The number of rotatable bonds is 1. The summed E-state index contributed by atoms with van der Waals surface area (Å²) in [5.41, 5.74) is 1.09. The minimum atomic E-state index is -3.26. The van der Waals surface area contributed by atoms with E-state index in [2.05, 4.69) is 0 Å². The molecule has 1 aliphatic rings. The normalized spacial score (nSPS) is 15.1. The topological polar surface area (TPSA) is 60.4 Å². The Labute approximate surface area is 81.4 Å². The number of carbonyl (C=O) groups is 1. The summed E-state index contributed by atoms with van der Waals surface area (Å²) < 4.78 is 27.1. The minimum Gasteiger partial charge on any atom is -0.457 e. The average molecular weight is 212 g/mol. The van der Waals surface area contributed by atoms with Crippen molar-refractivity contribution in [3.8, 4) is 0 Å². The van der Waals surface area contributed by atoms with Gasteiger partial charge >= 0.3 is 5.97 Å². The molecule has 0 atom stereocenters. The van der Waals surface area contributed by atoms with E-state index < -0.39 is 15.8 Å². The number of fused-ring (bicyclic) bond motifs is 1. The third-order valence-electron chi connectivity index (χ3n) is 2.09. The SMILES string of the molecule is CS(=O)(=O)c1ccc2c(c1)C(=O)OC2. The molecule has 1 heterocycles. The number of ether oxygens (including phenoxy) is 1. The first-order valence-corrected chi connectivity index (χ1v) is 5.88. The van der Waals surface area contributed by atoms with E-state index in [0.717, 1.165) is 11.8 Å². The molecule has 0 amide bonds. The van der Waals surface area contributed by atoms with Gasteiger partial charge in [-0.3, -0.25) is 0 Å². The Morgan fingerprint density at radius 2 is 2.07 bits per heavy atom. The van der Waals surface area contributed by atoms with Crippen LogP contribution in [0.1, 0.15) is 15.9 Å². The van der Waals surface area contributed by atoms with E-state index in [4.69, 9.17) is 4.74 Å². The van der Waals surface area contributed by atoms with Crippen LogP contribution in [0.3, 0.4) is 0 Å². The molecule has 0 radical (unpaired) electrons. The van der Waals surface area contributed by atoms with Gasteiger partial charge in [0, 0.05) is 11.8 Å². The van der Waals surface area contributed by atoms with Crippen LogP contribution in [0.15, 0.2) is 23.1 Å². The molecule has 14 heavy (non-hydrogen) atoms. The van der Waals surface area contributed by atoms with E-state index in [1.807, 2.05) is 0 Å². The average Bonchev–Trinajstić information content (AvgIpc) is 2.46. The van der Waals surface area contributed by atoms with Gasteiger partial charge in [0.2, 0.25) is 0 Å². The van der Waals surface area contributed by atoms with Crippen molar-refractivity contribution in [1.29, 1.82) is 0 Å². The van der Waals surface area contributed by atoms with Crippen LogP contribution in [0, 0.1) is 0 Å². The number of sulfone groups is 1. The fourth-order valence-electron chi connectivity index (χ4n) is 1.32. The molecular weight excluding hydrogens is 204 g/mol. The molecule has 0 unspecified atom stereocenters. The third kappa shape index (κ3) is 1.39. The lowest BCUT2D eigenvalue weighted by Crippen LogP contribution is -2.00. The summed E-state index contributed by atoms with van der Waals surface area (Å²) in [6.45, 7) is 0.234. The highest BCUT2D eigenvalue weighted by Gasteiger charge is 2.22. The van der Waals surface area contributed by atoms with Crippen LogP contribution in [0.5, 0.6) is 0 Å². The first-order valence-electron chi connectivity index (χ1n) is 3.98. The second-order valence-electron chi connectivity index (χ2n) is 3.17. The van der Waals surface area contributed by atoms with E-state index in [1.165, 1.54) is 12.1 Å². The highest BCUT2D eigenvalue weighted by Crippen LogP contribution is 2.22. The standard InChI is InChI=1S/C9H8O4S/c1-14(11,12)7-3-2-6-5-13-9(10)8(6)4-7/h2-4H,5H2,1H3. The lowest BCUT2D eigenvalue weighted by atomic mass is 10.1. The highest BCUT2D eigenvalue weighted by atomic mass is 32.2. The molecule has 0 saturated heterocycles. The molecule has 0 aliphatic carbocycles. The van der Waals surface area contributed by atoms with Crippen molar-refractivity contribution in [2.45, 2.75) is 11.5 Å². The zero-order valence-electron chi connectivity index (χ0n) is 7.48. The molecule has 5 heteroatoms. The summed E-state index contributed by atoms with van der Waals surface area (Å²) in [7, 11) is -3.26. The molecule has 1 aliphatic heterocycles. The van der Waals surface area contributed by atoms with E-state index >= 15 is 0 Å². The Balaban J connectivity index is 2.61. The van der Waals surface area contributed by atoms with Gasteiger partial charge in [-0.15, -0.1) is 0 Å². The predicted molar refractivity (Wildman–Crippen MR) is 48.7 cm³/mol. The maximum absolute atomic E-state index is 11.2. The summed E-state index contributed by atoms with van der Waals surface area (Å²) >= 11 is 0. The fourth-order valence-corrected chi connectivity index (χ4v) is 1.97. The largest absolute Gasteiger partial charge is 0.457 e. The maximum Gasteiger partial charge on any atom is 0.338 e. The van der Waals surface area contributed by atoms with Crippen LogP contribution in [0.4, 0.5) is 0 Å². The molecule has 1 aromatic carbocycles. The van der Waals surface area contributed by atoms with Gasteiger partial charge in [0.15, 0.2) is 9.84 Å². The Hall–Kier alpha value is -1.36. The van der Waals surface area contributed by atoms with Crippen molar-refractivity contribution < 1.29 is 17.9 Å². The van der Waals surface area contributed by atoms with Crippen molar-refractivity contribution in [2.24, 2.45) is 0 Å². The third-order valence-corrected chi connectivity index (χ3v) is 3.20. The van der Waals surface area contributed by atoms with E-state index in [1.54, 1.807) is 6.07 Å². The molecule has 0 saturated carbocycles. The van der Waals surface area contributed by atoms with Crippen molar-refractivity contribution >= 4 is 15.8 Å². The van der Waals surface area contributed by atoms with Gasteiger partial charge in [-0.2, -0.15) is 0 Å². The molecule has 0 bridgehead atoms. The van der Waals surface area contributed by atoms with Crippen LogP contribution < -0.4 is 0 Å². The van der Waals surface area contributed by atoms with Crippen LogP contribution in [0.2, 0.25) is 0 Å². The lowest BCUT2D eigenvalue weighted by Gasteiger charge is -1.99.